The van der Waals surface area contributed by atoms with Crippen LogP contribution < -0.4 is 5.56 Å². The first-order valence-electron chi connectivity index (χ1n) is 7.61. The van der Waals surface area contributed by atoms with Crippen molar-refractivity contribution in [2.24, 2.45) is 14.1 Å². The first-order valence-corrected chi connectivity index (χ1v) is 9.26. The monoisotopic (exact) mass is 364 g/mol. The number of imidazole rings is 1. The Morgan fingerprint density at radius 1 is 1.24 bits per heavy atom. The fourth-order valence-electron chi connectivity index (χ4n) is 2.72. The van der Waals surface area contributed by atoms with E-state index in [1.54, 1.807) is 14.0 Å². The minimum Gasteiger partial charge on any atom is -0.321 e. The van der Waals surface area contributed by atoms with Crippen LogP contribution in [0.4, 0.5) is 4.39 Å². The molecule has 0 aromatic carbocycles. The molecular weight excluding hydrogens is 347 g/mol. The van der Waals surface area contributed by atoms with Crippen LogP contribution in [0, 0.1) is 0 Å². The highest BCUT2D eigenvalue weighted by molar-refractivity contribution is 7.91. The molecule has 0 aliphatic carbocycles. The summed E-state index contributed by atoms with van der Waals surface area (Å²) < 4.78 is 40.5. The second-order valence-corrected chi connectivity index (χ2v) is 7.86. The Morgan fingerprint density at radius 2 is 1.96 bits per heavy atom. The molecule has 0 saturated carbocycles. The van der Waals surface area contributed by atoms with E-state index in [-0.39, 0.29) is 33.4 Å². The molecule has 0 bridgehead atoms. The maximum Gasteiger partial charge on any atom is 0.276 e. The summed E-state index contributed by atoms with van der Waals surface area (Å²) in [6.45, 7) is 0.747. The highest BCUT2D eigenvalue weighted by Gasteiger charge is 2.23. The van der Waals surface area contributed by atoms with Gasteiger partial charge in [-0.1, -0.05) is 6.92 Å². The van der Waals surface area contributed by atoms with Gasteiger partial charge in [0.25, 0.3) is 5.56 Å². The molecule has 0 aliphatic heterocycles. The third-order valence-corrected chi connectivity index (χ3v) is 5.96. The molecule has 0 amide bonds. The molecule has 3 heterocycles. The van der Waals surface area contributed by atoms with Crippen molar-refractivity contribution in [2.45, 2.75) is 18.5 Å². The molecule has 0 N–H and O–H groups in total. The summed E-state index contributed by atoms with van der Waals surface area (Å²) in [5.74, 6) is 0.166. The highest BCUT2D eigenvalue weighted by Crippen LogP contribution is 2.27. The second-order valence-electron chi connectivity index (χ2n) is 5.62. The summed E-state index contributed by atoms with van der Waals surface area (Å²) in [4.78, 5) is 21.1. The van der Waals surface area contributed by atoms with Crippen molar-refractivity contribution in [3.05, 3.63) is 40.4 Å². The Bertz CT molecular complexity index is 1130. The summed E-state index contributed by atoms with van der Waals surface area (Å²) >= 11 is 0. The zero-order valence-corrected chi connectivity index (χ0v) is 14.8. The fourth-order valence-corrected chi connectivity index (χ4v) is 3.76. The van der Waals surface area contributed by atoms with Crippen molar-refractivity contribution in [3.8, 4) is 11.5 Å². The van der Waals surface area contributed by atoms with Crippen LogP contribution in [0.15, 0.2) is 34.1 Å². The Kier molecular flexibility index (Phi) is 4.19. The van der Waals surface area contributed by atoms with Gasteiger partial charge in [0.05, 0.1) is 21.9 Å². The molecule has 0 atom stereocenters. The van der Waals surface area contributed by atoms with Crippen molar-refractivity contribution in [1.82, 2.24) is 19.1 Å². The van der Waals surface area contributed by atoms with Gasteiger partial charge in [-0.3, -0.25) is 9.78 Å². The lowest BCUT2D eigenvalue weighted by Crippen LogP contribution is -2.21. The summed E-state index contributed by atoms with van der Waals surface area (Å²) in [6, 6.07) is 4.48. The van der Waals surface area contributed by atoms with Crippen molar-refractivity contribution >= 4 is 20.9 Å². The molecule has 7 nitrogen and oxygen atoms in total. The Morgan fingerprint density at radius 3 is 2.60 bits per heavy atom. The fraction of sp³-hybridized carbons (Fsp3) is 0.312. The number of sulfone groups is 1. The molecule has 0 fully saturated rings. The molecule has 25 heavy (non-hydrogen) atoms. The molecular formula is C16H17FN4O3S. The van der Waals surface area contributed by atoms with Crippen LogP contribution in [0.2, 0.25) is 0 Å². The molecule has 0 unspecified atom stereocenters. The van der Waals surface area contributed by atoms with Crippen LogP contribution in [-0.4, -0.2) is 33.3 Å². The van der Waals surface area contributed by atoms with E-state index >= 15 is 0 Å². The van der Waals surface area contributed by atoms with Gasteiger partial charge >= 0.3 is 0 Å². The molecule has 0 spiro atoms. The molecule has 0 radical (unpaired) electrons. The van der Waals surface area contributed by atoms with Crippen LogP contribution in [0.5, 0.6) is 0 Å². The van der Waals surface area contributed by atoms with Gasteiger partial charge in [0.1, 0.15) is 17.9 Å². The van der Waals surface area contributed by atoms with Crippen LogP contribution in [-0.2, 0) is 30.6 Å². The standard InChI is InChI=1S/C16H17FN4O3S/c1-4-25(23,24)12-6-5-7-18-13(12)15-19-11-8-10(9-17)20(2)16(22)14(11)21(15)3/h5-8H,4,9H2,1-3H3. The molecule has 3 aromatic heterocycles. The topological polar surface area (TPSA) is 86.8 Å². The van der Waals surface area contributed by atoms with Gasteiger partial charge in [-0.15, -0.1) is 0 Å². The number of aryl methyl sites for hydroxylation is 1. The normalized spacial score (nSPS) is 12.0. The lowest BCUT2D eigenvalue weighted by Gasteiger charge is -2.08. The van der Waals surface area contributed by atoms with Crippen molar-refractivity contribution in [3.63, 3.8) is 0 Å². The smallest absolute Gasteiger partial charge is 0.276 e. The lowest BCUT2D eigenvalue weighted by molar-refractivity contribution is 0.461. The van der Waals surface area contributed by atoms with E-state index in [0.29, 0.717) is 5.52 Å². The number of halogens is 1. The number of hydrogen-bond donors (Lipinski definition) is 0. The summed E-state index contributed by atoms with van der Waals surface area (Å²) in [5, 5.41) is 0. The van der Waals surface area contributed by atoms with Crippen molar-refractivity contribution in [2.75, 3.05) is 5.75 Å². The van der Waals surface area contributed by atoms with Crippen LogP contribution in [0.25, 0.3) is 22.6 Å². The molecule has 0 saturated heterocycles. The van der Waals surface area contributed by atoms with E-state index in [1.807, 2.05) is 0 Å². The number of nitrogens with zero attached hydrogens (tertiary/aromatic N) is 4. The van der Waals surface area contributed by atoms with E-state index in [2.05, 4.69) is 9.97 Å². The van der Waals surface area contributed by atoms with Crippen molar-refractivity contribution in [1.29, 1.82) is 0 Å². The van der Waals surface area contributed by atoms with Gasteiger partial charge in [-0.2, -0.15) is 0 Å². The van der Waals surface area contributed by atoms with Gasteiger partial charge < -0.3 is 9.13 Å². The third kappa shape index (κ3) is 2.64. The lowest BCUT2D eigenvalue weighted by atomic mass is 10.3. The largest absolute Gasteiger partial charge is 0.321 e. The number of alkyl halides is 1. The van der Waals surface area contributed by atoms with Gasteiger partial charge in [-0.25, -0.2) is 17.8 Å². The van der Waals surface area contributed by atoms with Crippen LogP contribution in [0.3, 0.4) is 0 Å². The number of rotatable bonds is 4. The minimum atomic E-state index is -3.52. The summed E-state index contributed by atoms with van der Waals surface area (Å²) in [6.07, 6.45) is 1.47. The third-order valence-electron chi connectivity index (χ3n) is 4.20. The van der Waals surface area contributed by atoms with E-state index in [0.717, 1.165) is 0 Å². The molecule has 3 rings (SSSR count). The average molecular weight is 364 g/mol. The average Bonchev–Trinajstić information content (AvgIpc) is 2.94. The maximum absolute atomic E-state index is 13.1. The van der Waals surface area contributed by atoms with E-state index in [9.17, 15) is 17.6 Å². The number of pyridine rings is 2. The Balaban J connectivity index is 2.38. The minimum absolute atomic E-state index is 0.0541. The highest BCUT2D eigenvalue weighted by atomic mass is 32.2. The first kappa shape index (κ1) is 17.3. The predicted molar refractivity (Wildman–Crippen MR) is 91.7 cm³/mol. The first-order chi connectivity index (χ1) is 11.8. The Labute approximate surface area is 143 Å². The van der Waals surface area contributed by atoms with Crippen molar-refractivity contribution < 1.29 is 12.8 Å². The quantitative estimate of drug-likeness (QED) is 0.702. The molecule has 132 valence electrons. The number of fused-ring (bicyclic) bond motifs is 1. The molecule has 9 heteroatoms. The molecule has 3 aromatic rings. The zero-order chi connectivity index (χ0) is 18.4. The van der Waals surface area contributed by atoms with Crippen LogP contribution >= 0.6 is 0 Å². The van der Waals surface area contributed by atoms with Crippen LogP contribution in [0.1, 0.15) is 12.6 Å². The maximum atomic E-state index is 13.1. The van der Waals surface area contributed by atoms with E-state index < -0.39 is 22.1 Å². The van der Waals surface area contributed by atoms with Gasteiger partial charge in [0.15, 0.2) is 15.7 Å². The Hall–Kier alpha value is -2.55. The van der Waals surface area contributed by atoms with E-state index in [4.69, 9.17) is 0 Å². The van der Waals surface area contributed by atoms with Gasteiger partial charge in [0.2, 0.25) is 0 Å². The van der Waals surface area contributed by atoms with Gasteiger partial charge in [0, 0.05) is 20.3 Å². The SMILES string of the molecule is CCS(=O)(=O)c1cccnc1-c1nc2cc(CF)n(C)c(=O)c2n1C. The van der Waals surface area contributed by atoms with E-state index in [1.165, 1.54) is 40.6 Å². The second kappa shape index (κ2) is 6.07. The summed E-state index contributed by atoms with van der Waals surface area (Å²) in [5.41, 5.74) is 0.539. The molecule has 0 aliphatic rings. The van der Waals surface area contributed by atoms with Gasteiger partial charge in [-0.05, 0) is 18.2 Å². The number of aromatic nitrogens is 4. The predicted octanol–water partition coefficient (Wildman–Crippen LogP) is 1.60. The zero-order valence-electron chi connectivity index (χ0n) is 14.0. The number of hydrogen-bond acceptors (Lipinski definition) is 5. The summed E-state index contributed by atoms with van der Waals surface area (Å²) in [7, 11) is -0.429.